The molecule has 1 aliphatic heterocycles. The van der Waals surface area contributed by atoms with E-state index in [1.54, 1.807) is 6.92 Å². The largest absolute Gasteiger partial charge is 0.492 e. The lowest BCUT2D eigenvalue weighted by molar-refractivity contribution is 0.101. The zero-order valence-corrected chi connectivity index (χ0v) is 12.2. The van der Waals surface area contributed by atoms with Gasteiger partial charge in [0.1, 0.15) is 5.75 Å². The summed E-state index contributed by atoms with van der Waals surface area (Å²) in [6, 6.07) is 15.9. The molecule has 0 fully saturated rings. The Morgan fingerprint density at radius 1 is 1.20 bits per heavy atom. The highest BCUT2D eigenvalue weighted by Crippen LogP contribution is 2.39. The molecule has 1 aliphatic rings. The van der Waals surface area contributed by atoms with Gasteiger partial charge in [0.2, 0.25) is 0 Å². The van der Waals surface area contributed by atoms with Crippen molar-refractivity contribution in [1.82, 2.24) is 0 Å². The third kappa shape index (κ3) is 2.59. The number of carbonyl (C=O) groups is 1. The summed E-state index contributed by atoms with van der Waals surface area (Å²) in [5.41, 5.74) is 2.02. The molecule has 2 aromatic carbocycles. The SMILES string of the molecule is CC(=O)c1ccccc1OCC1CSc2ccccc21. The Hall–Kier alpha value is -1.74. The fourth-order valence-electron chi connectivity index (χ4n) is 2.44. The van der Waals surface area contributed by atoms with Gasteiger partial charge in [-0.2, -0.15) is 0 Å². The van der Waals surface area contributed by atoms with Gasteiger partial charge in [0, 0.05) is 16.6 Å². The maximum atomic E-state index is 11.6. The molecule has 0 spiro atoms. The van der Waals surface area contributed by atoms with Crippen molar-refractivity contribution in [3.8, 4) is 5.75 Å². The normalized spacial score (nSPS) is 16.8. The van der Waals surface area contributed by atoms with Gasteiger partial charge in [0.25, 0.3) is 0 Å². The van der Waals surface area contributed by atoms with E-state index in [2.05, 4.69) is 24.3 Å². The standard InChI is InChI=1S/C17H16O2S/c1-12(18)14-6-2-4-8-16(14)19-10-13-11-20-17-9-5-3-7-15(13)17/h2-9,13H,10-11H2,1H3. The van der Waals surface area contributed by atoms with E-state index in [-0.39, 0.29) is 5.78 Å². The van der Waals surface area contributed by atoms with Gasteiger partial charge in [-0.15, -0.1) is 11.8 Å². The molecule has 1 unspecified atom stereocenters. The third-order valence-electron chi connectivity index (χ3n) is 3.51. The summed E-state index contributed by atoms with van der Waals surface area (Å²) < 4.78 is 5.91. The number of hydrogen-bond donors (Lipinski definition) is 0. The van der Waals surface area contributed by atoms with Crippen molar-refractivity contribution < 1.29 is 9.53 Å². The summed E-state index contributed by atoms with van der Waals surface area (Å²) in [6.45, 7) is 2.19. The minimum absolute atomic E-state index is 0.0433. The first-order valence-corrected chi connectivity index (χ1v) is 7.69. The number of thioether (sulfide) groups is 1. The summed E-state index contributed by atoms with van der Waals surface area (Å²) in [5.74, 6) is 2.18. The van der Waals surface area contributed by atoms with Crippen LogP contribution >= 0.6 is 11.8 Å². The van der Waals surface area contributed by atoms with Crippen LogP contribution in [0.25, 0.3) is 0 Å². The van der Waals surface area contributed by atoms with Gasteiger partial charge >= 0.3 is 0 Å². The Morgan fingerprint density at radius 2 is 1.95 bits per heavy atom. The summed E-state index contributed by atoms with van der Waals surface area (Å²) in [6.07, 6.45) is 0. The Labute approximate surface area is 123 Å². The first kappa shape index (κ1) is 13.3. The summed E-state index contributed by atoms with van der Waals surface area (Å²) >= 11 is 1.87. The van der Waals surface area contributed by atoms with E-state index in [0.717, 1.165) is 5.75 Å². The molecule has 0 N–H and O–H groups in total. The molecular weight excluding hydrogens is 268 g/mol. The summed E-state index contributed by atoms with van der Waals surface area (Å²) in [4.78, 5) is 12.9. The average Bonchev–Trinajstić information content (AvgIpc) is 2.88. The van der Waals surface area contributed by atoms with Gasteiger partial charge in [-0.05, 0) is 30.7 Å². The van der Waals surface area contributed by atoms with Crippen LogP contribution < -0.4 is 4.74 Å². The van der Waals surface area contributed by atoms with E-state index < -0.39 is 0 Å². The van der Waals surface area contributed by atoms with Crippen LogP contribution in [0, 0.1) is 0 Å². The van der Waals surface area contributed by atoms with E-state index >= 15 is 0 Å². The topological polar surface area (TPSA) is 26.3 Å². The van der Waals surface area contributed by atoms with Gasteiger partial charge in [-0.1, -0.05) is 30.3 Å². The molecule has 0 radical (unpaired) electrons. The van der Waals surface area contributed by atoms with Crippen LogP contribution in [0.5, 0.6) is 5.75 Å². The second-order valence-electron chi connectivity index (χ2n) is 4.91. The van der Waals surface area contributed by atoms with E-state index in [1.807, 2.05) is 36.0 Å². The number of hydrogen-bond acceptors (Lipinski definition) is 3. The van der Waals surface area contributed by atoms with E-state index in [1.165, 1.54) is 10.5 Å². The average molecular weight is 284 g/mol. The smallest absolute Gasteiger partial charge is 0.163 e. The molecule has 2 aromatic rings. The number of Topliss-reactive ketones (excluding diaryl/α,β-unsaturated/α-hetero) is 1. The summed E-state index contributed by atoms with van der Waals surface area (Å²) in [7, 11) is 0. The highest BCUT2D eigenvalue weighted by molar-refractivity contribution is 7.99. The summed E-state index contributed by atoms with van der Waals surface area (Å²) in [5, 5.41) is 0. The van der Waals surface area contributed by atoms with Crippen LogP contribution in [0.1, 0.15) is 28.8 Å². The second-order valence-corrected chi connectivity index (χ2v) is 5.97. The van der Waals surface area contributed by atoms with Crippen LogP contribution in [0.3, 0.4) is 0 Å². The van der Waals surface area contributed by atoms with Crippen LogP contribution in [0.4, 0.5) is 0 Å². The van der Waals surface area contributed by atoms with Gasteiger partial charge in [0.05, 0.1) is 12.2 Å². The molecule has 3 heteroatoms. The van der Waals surface area contributed by atoms with Crippen LogP contribution in [0.2, 0.25) is 0 Å². The van der Waals surface area contributed by atoms with E-state index in [9.17, 15) is 4.79 Å². The Balaban J connectivity index is 1.74. The van der Waals surface area contributed by atoms with Crippen molar-refractivity contribution in [2.75, 3.05) is 12.4 Å². The molecule has 20 heavy (non-hydrogen) atoms. The Kier molecular flexibility index (Phi) is 3.79. The van der Waals surface area contributed by atoms with Gasteiger partial charge in [0.15, 0.2) is 5.78 Å². The number of para-hydroxylation sites is 1. The van der Waals surface area contributed by atoms with E-state index in [4.69, 9.17) is 4.74 Å². The second kappa shape index (κ2) is 5.71. The van der Waals surface area contributed by atoms with Gasteiger partial charge in [-0.3, -0.25) is 4.79 Å². The minimum Gasteiger partial charge on any atom is -0.492 e. The molecule has 0 saturated heterocycles. The lowest BCUT2D eigenvalue weighted by atomic mass is 10.0. The van der Waals surface area contributed by atoms with Crippen molar-refractivity contribution >= 4 is 17.5 Å². The van der Waals surface area contributed by atoms with E-state index in [0.29, 0.717) is 23.8 Å². The Morgan fingerprint density at radius 3 is 2.80 bits per heavy atom. The Bertz CT molecular complexity index is 636. The predicted octanol–water partition coefficient (Wildman–Crippen LogP) is 4.16. The van der Waals surface area contributed by atoms with Crippen molar-refractivity contribution in [2.45, 2.75) is 17.7 Å². The molecule has 0 saturated carbocycles. The first-order valence-electron chi connectivity index (χ1n) is 6.70. The molecule has 2 nitrogen and oxygen atoms in total. The van der Waals surface area contributed by atoms with Crippen molar-refractivity contribution in [2.24, 2.45) is 0 Å². The first-order chi connectivity index (χ1) is 9.75. The van der Waals surface area contributed by atoms with Crippen LogP contribution in [-0.4, -0.2) is 18.1 Å². The maximum absolute atomic E-state index is 11.6. The fraction of sp³-hybridized carbons (Fsp3) is 0.235. The number of fused-ring (bicyclic) bond motifs is 1. The third-order valence-corrected chi connectivity index (χ3v) is 4.76. The highest BCUT2D eigenvalue weighted by Gasteiger charge is 2.23. The van der Waals surface area contributed by atoms with Gasteiger partial charge < -0.3 is 4.74 Å². The highest BCUT2D eigenvalue weighted by atomic mass is 32.2. The number of ether oxygens (including phenoxy) is 1. The molecule has 0 aliphatic carbocycles. The number of carbonyl (C=O) groups excluding carboxylic acids is 1. The molecule has 0 amide bonds. The van der Waals surface area contributed by atoms with Crippen LogP contribution in [-0.2, 0) is 0 Å². The molecule has 0 aromatic heterocycles. The van der Waals surface area contributed by atoms with Crippen LogP contribution in [0.15, 0.2) is 53.4 Å². The zero-order valence-electron chi connectivity index (χ0n) is 11.3. The predicted molar refractivity (Wildman–Crippen MR) is 81.8 cm³/mol. The fourth-order valence-corrected chi connectivity index (χ4v) is 3.67. The lowest BCUT2D eigenvalue weighted by Crippen LogP contribution is -2.11. The van der Waals surface area contributed by atoms with Crippen molar-refractivity contribution in [3.63, 3.8) is 0 Å². The molecular formula is C17H16O2S. The maximum Gasteiger partial charge on any atom is 0.163 e. The monoisotopic (exact) mass is 284 g/mol. The molecule has 1 atom stereocenters. The van der Waals surface area contributed by atoms with Crippen molar-refractivity contribution in [3.05, 3.63) is 59.7 Å². The zero-order chi connectivity index (χ0) is 13.9. The minimum atomic E-state index is 0.0433. The molecule has 0 bridgehead atoms. The van der Waals surface area contributed by atoms with Gasteiger partial charge in [-0.25, -0.2) is 0 Å². The molecule has 102 valence electrons. The lowest BCUT2D eigenvalue weighted by Gasteiger charge is -2.14. The van der Waals surface area contributed by atoms with Crippen molar-refractivity contribution in [1.29, 1.82) is 0 Å². The molecule has 1 heterocycles. The number of rotatable bonds is 4. The number of ketones is 1. The number of benzene rings is 2. The quantitative estimate of drug-likeness (QED) is 0.789. The molecule has 3 rings (SSSR count).